The SMILES string of the molecule is CCn1c(SCC(=O)Nc2ccccc2C(C)C)nnc1C1CC1. The van der Waals surface area contributed by atoms with Crippen LogP contribution in [0.15, 0.2) is 29.4 Å². The number of carbonyl (C=O) groups is 1. The summed E-state index contributed by atoms with van der Waals surface area (Å²) < 4.78 is 2.14. The van der Waals surface area contributed by atoms with Crippen molar-refractivity contribution in [2.75, 3.05) is 11.1 Å². The Kier molecular flexibility index (Phi) is 5.23. The van der Waals surface area contributed by atoms with Crippen molar-refractivity contribution in [2.24, 2.45) is 0 Å². The fraction of sp³-hybridized carbons (Fsp3) is 0.500. The topological polar surface area (TPSA) is 59.8 Å². The maximum atomic E-state index is 12.3. The molecule has 0 unspecified atom stereocenters. The van der Waals surface area contributed by atoms with Crippen LogP contribution in [0.3, 0.4) is 0 Å². The summed E-state index contributed by atoms with van der Waals surface area (Å²) in [5.41, 5.74) is 2.05. The van der Waals surface area contributed by atoms with Crippen molar-refractivity contribution in [3.05, 3.63) is 35.7 Å². The van der Waals surface area contributed by atoms with E-state index < -0.39 is 0 Å². The number of rotatable bonds is 7. The Bertz CT molecular complexity index is 722. The highest BCUT2D eigenvalue weighted by atomic mass is 32.2. The maximum Gasteiger partial charge on any atom is 0.234 e. The Labute approximate surface area is 147 Å². The van der Waals surface area contributed by atoms with Crippen LogP contribution in [0.2, 0.25) is 0 Å². The van der Waals surface area contributed by atoms with E-state index in [1.165, 1.54) is 24.6 Å². The Balaban J connectivity index is 1.62. The van der Waals surface area contributed by atoms with E-state index in [-0.39, 0.29) is 5.91 Å². The van der Waals surface area contributed by atoms with Crippen LogP contribution in [0.25, 0.3) is 0 Å². The van der Waals surface area contributed by atoms with Crippen molar-refractivity contribution in [1.82, 2.24) is 14.8 Å². The number of para-hydroxylation sites is 1. The molecule has 0 bridgehead atoms. The average molecular weight is 344 g/mol. The molecule has 1 fully saturated rings. The smallest absolute Gasteiger partial charge is 0.234 e. The van der Waals surface area contributed by atoms with E-state index in [4.69, 9.17) is 0 Å². The number of hydrogen-bond donors (Lipinski definition) is 1. The van der Waals surface area contributed by atoms with Gasteiger partial charge in [-0.3, -0.25) is 4.79 Å². The van der Waals surface area contributed by atoms with E-state index >= 15 is 0 Å². The molecule has 1 N–H and O–H groups in total. The first kappa shape index (κ1) is 17.0. The molecule has 128 valence electrons. The molecule has 1 aliphatic rings. The molecule has 0 atom stereocenters. The van der Waals surface area contributed by atoms with Gasteiger partial charge in [-0.15, -0.1) is 10.2 Å². The number of nitrogens with one attached hydrogen (secondary N) is 1. The predicted molar refractivity (Wildman–Crippen MR) is 97.6 cm³/mol. The second-order valence-electron chi connectivity index (χ2n) is 6.44. The van der Waals surface area contributed by atoms with Crippen molar-refractivity contribution in [3.8, 4) is 0 Å². The lowest BCUT2D eigenvalue weighted by Crippen LogP contribution is -2.16. The number of carbonyl (C=O) groups excluding carboxylic acids is 1. The molecule has 0 saturated heterocycles. The molecule has 0 aliphatic heterocycles. The van der Waals surface area contributed by atoms with E-state index in [9.17, 15) is 4.79 Å². The van der Waals surface area contributed by atoms with Gasteiger partial charge in [-0.25, -0.2) is 0 Å². The molecule has 0 radical (unpaired) electrons. The fourth-order valence-corrected chi connectivity index (χ4v) is 3.59. The van der Waals surface area contributed by atoms with Crippen LogP contribution in [0, 0.1) is 0 Å². The summed E-state index contributed by atoms with van der Waals surface area (Å²) in [7, 11) is 0. The fourth-order valence-electron chi connectivity index (χ4n) is 2.78. The van der Waals surface area contributed by atoms with Gasteiger partial charge < -0.3 is 9.88 Å². The number of thioether (sulfide) groups is 1. The zero-order valence-electron chi connectivity index (χ0n) is 14.5. The third-order valence-electron chi connectivity index (χ3n) is 4.19. The van der Waals surface area contributed by atoms with Crippen LogP contribution in [-0.2, 0) is 11.3 Å². The van der Waals surface area contributed by atoms with Gasteiger partial charge >= 0.3 is 0 Å². The van der Waals surface area contributed by atoms with Gasteiger partial charge in [0.2, 0.25) is 5.91 Å². The largest absolute Gasteiger partial charge is 0.325 e. The highest BCUT2D eigenvalue weighted by Gasteiger charge is 2.30. The van der Waals surface area contributed by atoms with E-state index in [1.54, 1.807) is 0 Å². The number of nitrogens with zero attached hydrogens (tertiary/aromatic N) is 3. The molecule has 5 nitrogen and oxygen atoms in total. The zero-order valence-corrected chi connectivity index (χ0v) is 15.3. The minimum absolute atomic E-state index is 0.00766. The number of hydrogen-bond acceptors (Lipinski definition) is 4. The quantitative estimate of drug-likeness (QED) is 0.770. The van der Waals surface area contributed by atoms with E-state index in [0.29, 0.717) is 17.6 Å². The normalized spacial score (nSPS) is 14.2. The van der Waals surface area contributed by atoms with Crippen LogP contribution in [0.5, 0.6) is 0 Å². The summed E-state index contributed by atoms with van der Waals surface area (Å²) >= 11 is 1.46. The van der Waals surface area contributed by atoms with Gasteiger partial charge in [-0.1, -0.05) is 43.8 Å². The van der Waals surface area contributed by atoms with Crippen LogP contribution < -0.4 is 5.32 Å². The van der Waals surface area contributed by atoms with E-state index in [0.717, 1.165) is 28.8 Å². The van der Waals surface area contributed by atoms with Gasteiger partial charge in [-0.2, -0.15) is 0 Å². The first-order valence-corrected chi connectivity index (χ1v) is 9.53. The van der Waals surface area contributed by atoms with Gasteiger partial charge in [0, 0.05) is 18.2 Å². The summed E-state index contributed by atoms with van der Waals surface area (Å²) in [6, 6.07) is 7.97. The van der Waals surface area contributed by atoms with Crippen LogP contribution >= 0.6 is 11.8 Å². The van der Waals surface area contributed by atoms with Gasteiger partial charge in [0.15, 0.2) is 5.16 Å². The second kappa shape index (κ2) is 7.38. The molecule has 6 heteroatoms. The van der Waals surface area contributed by atoms with Crippen LogP contribution in [0.4, 0.5) is 5.69 Å². The molecule has 1 aromatic heterocycles. The van der Waals surface area contributed by atoms with Gasteiger partial charge in [-0.05, 0) is 37.3 Å². The minimum atomic E-state index is -0.00766. The molecule has 3 rings (SSSR count). The predicted octanol–water partition coefficient (Wildman–Crippen LogP) is 4.03. The molecule has 1 heterocycles. The van der Waals surface area contributed by atoms with Crippen LogP contribution in [0.1, 0.15) is 56.8 Å². The molecule has 24 heavy (non-hydrogen) atoms. The minimum Gasteiger partial charge on any atom is -0.325 e. The lowest BCUT2D eigenvalue weighted by Gasteiger charge is -2.13. The van der Waals surface area contributed by atoms with Gasteiger partial charge in [0.25, 0.3) is 0 Å². The summed E-state index contributed by atoms with van der Waals surface area (Å²) in [4.78, 5) is 12.3. The Morgan fingerprint density at radius 1 is 1.33 bits per heavy atom. The summed E-state index contributed by atoms with van der Waals surface area (Å²) in [5.74, 6) is 2.35. The van der Waals surface area contributed by atoms with E-state index in [1.807, 2.05) is 18.2 Å². The summed E-state index contributed by atoms with van der Waals surface area (Å²) in [5, 5.41) is 12.4. The molecule has 1 amide bonds. The van der Waals surface area contributed by atoms with Crippen molar-refractivity contribution in [3.63, 3.8) is 0 Å². The molecule has 0 spiro atoms. The highest BCUT2D eigenvalue weighted by molar-refractivity contribution is 7.99. The summed E-state index contributed by atoms with van der Waals surface area (Å²) in [6.45, 7) is 7.20. The average Bonchev–Trinajstić information content (AvgIpc) is 3.33. The Morgan fingerprint density at radius 3 is 2.75 bits per heavy atom. The third-order valence-corrected chi connectivity index (χ3v) is 5.16. The van der Waals surface area contributed by atoms with Crippen molar-refractivity contribution in [1.29, 1.82) is 0 Å². The lowest BCUT2D eigenvalue weighted by molar-refractivity contribution is -0.113. The molecular weight excluding hydrogens is 320 g/mol. The maximum absolute atomic E-state index is 12.3. The molecule has 1 aliphatic carbocycles. The first-order valence-electron chi connectivity index (χ1n) is 8.54. The zero-order chi connectivity index (χ0) is 17.1. The van der Waals surface area contributed by atoms with Gasteiger partial charge in [0.05, 0.1) is 5.75 Å². The van der Waals surface area contributed by atoms with Crippen LogP contribution in [-0.4, -0.2) is 26.4 Å². The molecular formula is C18H24N4OS. The standard InChI is InChI=1S/C18H24N4OS/c1-4-22-17(13-9-10-13)20-21-18(22)24-11-16(23)19-15-8-6-5-7-14(15)12(2)3/h5-8,12-13H,4,9-11H2,1-3H3,(H,19,23). The number of benzene rings is 1. The number of amides is 1. The summed E-state index contributed by atoms with van der Waals surface area (Å²) in [6.07, 6.45) is 2.41. The monoisotopic (exact) mass is 344 g/mol. The van der Waals surface area contributed by atoms with E-state index in [2.05, 4.69) is 46.9 Å². The molecule has 2 aromatic rings. The molecule has 1 aromatic carbocycles. The molecule has 1 saturated carbocycles. The number of aromatic nitrogens is 3. The van der Waals surface area contributed by atoms with Crippen molar-refractivity contribution < 1.29 is 4.79 Å². The Morgan fingerprint density at radius 2 is 2.08 bits per heavy atom. The van der Waals surface area contributed by atoms with Gasteiger partial charge in [0.1, 0.15) is 5.82 Å². The Hall–Kier alpha value is -1.82. The van der Waals surface area contributed by atoms with Crippen molar-refractivity contribution in [2.45, 2.75) is 57.1 Å². The lowest BCUT2D eigenvalue weighted by atomic mass is 10.0. The third kappa shape index (κ3) is 3.80. The highest BCUT2D eigenvalue weighted by Crippen LogP contribution is 2.40. The number of anilines is 1. The second-order valence-corrected chi connectivity index (χ2v) is 7.38. The van der Waals surface area contributed by atoms with Crippen molar-refractivity contribution >= 4 is 23.4 Å². The first-order chi connectivity index (χ1) is 11.6.